The fraction of sp³-hybridized carbons (Fsp3) is 0.292. The third-order valence-corrected chi connectivity index (χ3v) is 6.09. The summed E-state index contributed by atoms with van der Waals surface area (Å²) in [6, 6.07) is 13.4. The molecule has 0 radical (unpaired) electrons. The van der Waals surface area contributed by atoms with Gasteiger partial charge in [-0.3, -0.25) is 19.3 Å². The van der Waals surface area contributed by atoms with Gasteiger partial charge in [0.15, 0.2) is 11.5 Å². The predicted molar refractivity (Wildman–Crippen MR) is 135 cm³/mol. The van der Waals surface area contributed by atoms with E-state index in [-0.39, 0.29) is 11.0 Å². The Morgan fingerprint density at radius 2 is 1.88 bits per heavy atom. The van der Waals surface area contributed by atoms with Gasteiger partial charge in [0.25, 0.3) is 11.1 Å². The van der Waals surface area contributed by atoms with Gasteiger partial charge in [0.2, 0.25) is 0 Å². The summed E-state index contributed by atoms with van der Waals surface area (Å²) < 4.78 is 17.7. The van der Waals surface area contributed by atoms with Crippen molar-refractivity contribution in [2.45, 2.75) is 33.5 Å². The summed E-state index contributed by atoms with van der Waals surface area (Å²) in [7, 11) is 0. The van der Waals surface area contributed by atoms with E-state index in [1.165, 1.54) is 0 Å². The van der Waals surface area contributed by atoms with Crippen molar-refractivity contribution in [1.29, 1.82) is 0 Å². The van der Waals surface area contributed by atoms with E-state index in [4.69, 9.17) is 14.2 Å². The molecule has 1 aliphatic rings. The molecule has 1 saturated heterocycles. The van der Waals surface area contributed by atoms with Gasteiger partial charge < -0.3 is 14.2 Å². The highest BCUT2D eigenvalue weighted by atomic mass is 127. The Hall–Kier alpha value is -2.53. The number of amides is 2. The van der Waals surface area contributed by atoms with Gasteiger partial charge in [0.05, 0.1) is 21.2 Å². The summed E-state index contributed by atoms with van der Waals surface area (Å²) in [5, 5.41) is -0.505. The highest BCUT2D eigenvalue weighted by Crippen LogP contribution is 2.37. The van der Waals surface area contributed by atoms with Gasteiger partial charge in [-0.05, 0) is 84.5 Å². The number of esters is 1. The fourth-order valence-electron chi connectivity index (χ4n) is 3.02. The SMILES string of the molecule is CCOc1cc(/C=C2/SC(=O)N(CC(=O)OC(C)C)C2=O)cc(I)c1OCc1ccccc1. The molecule has 2 aromatic rings. The van der Waals surface area contributed by atoms with Crippen molar-refractivity contribution < 1.29 is 28.6 Å². The van der Waals surface area contributed by atoms with E-state index in [1.54, 1.807) is 26.0 Å². The molecule has 0 saturated carbocycles. The molecule has 0 N–H and O–H groups in total. The number of thioether (sulfide) groups is 1. The third-order valence-electron chi connectivity index (χ3n) is 4.38. The molecule has 0 unspecified atom stereocenters. The van der Waals surface area contributed by atoms with Crippen molar-refractivity contribution in [3.05, 3.63) is 62.1 Å². The van der Waals surface area contributed by atoms with Crippen LogP contribution in [0.5, 0.6) is 11.5 Å². The van der Waals surface area contributed by atoms with Gasteiger partial charge in [0.1, 0.15) is 13.2 Å². The lowest BCUT2D eigenvalue weighted by molar-refractivity contribution is -0.149. The van der Waals surface area contributed by atoms with Crippen LogP contribution in [0.15, 0.2) is 47.4 Å². The predicted octanol–water partition coefficient (Wildman–Crippen LogP) is 5.26. The summed E-state index contributed by atoms with van der Waals surface area (Å²) >= 11 is 2.95. The minimum atomic E-state index is -0.623. The van der Waals surface area contributed by atoms with Crippen LogP contribution in [0, 0.1) is 3.57 Å². The van der Waals surface area contributed by atoms with Gasteiger partial charge in [0, 0.05) is 0 Å². The molecule has 1 heterocycles. The minimum Gasteiger partial charge on any atom is -0.490 e. The summed E-state index contributed by atoms with van der Waals surface area (Å²) in [4.78, 5) is 38.0. The Morgan fingerprint density at radius 1 is 1.15 bits per heavy atom. The van der Waals surface area contributed by atoms with Crippen LogP contribution in [0.25, 0.3) is 6.08 Å². The van der Waals surface area contributed by atoms with Gasteiger partial charge >= 0.3 is 5.97 Å². The molecule has 1 fully saturated rings. The van der Waals surface area contributed by atoms with Crippen molar-refractivity contribution in [2.24, 2.45) is 0 Å². The fourth-order valence-corrected chi connectivity index (χ4v) is 4.64. The average molecular weight is 581 g/mol. The number of imide groups is 1. The molecule has 0 aromatic heterocycles. The molecule has 33 heavy (non-hydrogen) atoms. The molecule has 7 nitrogen and oxygen atoms in total. The lowest BCUT2D eigenvalue weighted by Crippen LogP contribution is -2.35. The molecule has 1 aliphatic heterocycles. The van der Waals surface area contributed by atoms with Crippen molar-refractivity contribution in [3.8, 4) is 11.5 Å². The smallest absolute Gasteiger partial charge is 0.326 e. The molecule has 9 heteroatoms. The molecular weight excluding hydrogens is 557 g/mol. The first-order chi connectivity index (χ1) is 15.8. The minimum absolute atomic E-state index is 0.230. The quantitative estimate of drug-likeness (QED) is 0.227. The van der Waals surface area contributed by atoms with Gasteiger partial charge in [-0.25, -0.2) is 0 Å². The van der Waals surface area contributed by atoms with Gasteiger partial charge in [-0.15, -0.1) is 0 Å². The molecule has 3 rings (SSSR count). The van der Waals surface area contributed by atoms with Crippen molar-refractivity contribution in [3.63, 3.8) is 0 Å². The van der Waals surface area contributed by atoms with Crippen LogP contribution in [0.2, 0.25) is 0 Å². The van der Waals surface area contributed by atoms with E-state index in [1.807, 2.05) is 43.3 Å². The number of ether oxygens (including phenoxy) is 3. The monoisotopic (exact) mass is 581 g/mol. The number of hydrogen-bond donors (Lipinski definition) is 0. The standard InChI is InChI=1S/C24H24INO6S/c1-4-30-19-11-17(10-18(25)22(19)31-14-16-8-6-5-7-9-16)12-20-23(28)26(24(29)33-20)13-21(27)32-15(2)3/h5-12,15H,4,13-14H2,1-3H3/b20-12+. The lowest BCUT2D eigenvalue weighted by atomic mass is 10.1. The molecule has 2 aromatic carbocycles. The molecule has 174 valence electrons. The zero-order chi connectivity index (χ0) is 24.0. The largest absolute Gasteiger partial charge is 0.490 e. The van der Waals surface area contributed by atoms with E-state index < -0.39 is 23.7 Å². The summed E-state index contributed by atoms with van der Waals surface area (Å²) in [5.41, 5.74) is 1.72. The molecule has 0 bridgehead atoms. The Balaban J connectivity index is 1.80. The summed E-state index contributed by atoms with van der Waals surface area (Å²) in [6.45, 7) is 5.71. The van der Waals surface area contributed by atoms with Crippen molar-refractivity contribution in [1.82, 2.24) is 4.90 Å². The molecule has 2 amide bonds. The first-order valence-electron chi connectivity index (χ1n) is 10.4. The third kappa shape index (κ3) is 6.73. The molecular formula is C24H24INO6S. The van der Waals surface area contributed by atoms with E-state index >= 15 is 0 Å². The molecule has 0 spiro atoms. The molecule has 0 aliphatic carbocycles. The van der Waals surface area contributed by atoms with Crippen LogP contribution in [0.3, 0.4) is 0 Å². The number of benzene rings is 2. The Bertz CT molecular complexity index is 1070. The Morgan fingerprint density at radius 3 is 2.55 bits per heavy atom. The first kappa shape index (κ1) is 25.1. The highest BCUT2D eigenvalue weighted by molar-refractivity contribution is 14.1. The average Bonchev–Trinajstić information content (AvgIpc) is 3.01. The number of carbonyl (C=O) groups excluding carboxylic acids is 3. The zero-order valence-corrected chi connectivity index (χ0v) is 21.5. The number of carbonyl (C=O) groups is 3. The van der Waals surface area contributed by atoms with Crippen LogP contribution in [-0.4, -0.2) is 41.3 Å². The maximum Gasteiger partial charge on any atom is 0.326 e. The second kappa shape index (κ2) is 11.6. The summed E-state index contributed by atoms with van der Waals surface area (Å²) in [5.74, 6) is 0.0130. The van der Waals surface area contributed by atoms with Crippen molar-refractivity contribution >= 4 is 57.5 Å². The van der Waals surface area contributed by atoms with E-state index in [0.717, 1.165) is 25.8 Å². The second-order valence-corrected chi connectivity index (χ2v) is 9.50. The van der Waals surface area contributed by atoms with Crippen LogP contribution >= 0.6 is 34.4 Å². The highest BCUT2D eigenvalue weighted by Gasteiger charge is 2.36. The number of halogens is 1. The van der Waals surface area contributed by atoms with E-state index in [2.05, 4.69) is 22.6 Å². The van der Waals surface area contributed by atoms with E-state index in [9.17, 15) is 14.4 Å². The van der Waals surface area contributed by atoms with Crippen LogP contribution in [0.4, 0.5) is 4.79 Å². The normalized spacial score (nSPS) is 14.8. The van der Waals surface area contributed by atoms with Crippen molar-refractivity contribution in [2.75, 3.05) is 13.2 Å². The molecule has 0 atom stereocenters. The van der Waals surface area contributed by atoms with E-state index in [0.29, 0.717) is 30.3 Å². The Kier molecular flexibility index (Phi) is 8.79. The number of rotatable bonds is 9. The van der Waals surface area contributed by atoms with Crippen LogP contribution < -0.4 is 9.47 Å². The maximum absolute atomic E-state index is 12.7. The topological polar surface area (TPSA) is 82.1 Å². The summed E-state index contributed by atoms with van der Waals surface area (Å²) in [6.07, 6.45) is 1.29. The Labute approximate surface area is 210 Å². The van der Waals surface area contributed by atoms with Gasteiger partial charge in [-0.2, -0.15) is 0 Å². The lowest BCUT2D eigenvalue weighted by Gasteiger charge is -2.15. The van der Waals surface area contributed by atoms with Crippen LogP contribution in [0.1, 0.15) is 31.9 Å². The number of nitrogens with zero attached hydrogens (tertiary/aromatic N) is 1. The first-order valence-corrected chi connectivity index (χ1v) is 12.3. The maximum atomic E-state index is 12.7. The second-order valence-electron chi connectivity index (χ2n) is 7.34. The van der Waals surface area contributed by atoms with Crippen LogP contribution in [-0.2, 0) is 20.9 Å². The van der Waals surface area contributed by atoms with Gasteiger partial charge in [-0.1, -0.05) is 30.3 Å². The zero-order valence-electron chi connectivity index (χ0n) is 18.5. The number of hydrogen-bond acceptors (Lipinski definition) is 7.